The third-order valence-corrected chi connectivity index (χ3v) is 7.96. The highest BCUT2D eigenvalue weighted by atomic mass is 16.4. The summed E-state index contributed by atoms with van der Waals surface area (Å²) in [6.45, 7) is 23.2. The van der Waals surface area contributed by atoms with Crippen LogP contribution in [0, 0.1) is 52.9 Å². The molecule has 0 saturated heterocycles. The van der Waals surface area contributed by atoms with Crippen molar-refractivity contribution in [3.05, 3.63) is 82.4 Å². The molecule has 0 saturated carbocycles. The summed E-state index contributed by atoms with van der Waals surface area (Å²) in [5.41, 5.74) is 9.19. The molecule has 2 aromatic rings. The maximum absolute atomic E-state index is 11.5. The molecule has 2 aromatic carbocycles. The van der Waals surface area contributed by atoms with E-state index < -0.39 is 29.4 Å². The second kappa shape index (κ2) is 13.1. The molecule has 8 nitrogen and oxygen atoms in total. The third-order valence-electron chi connectivity index (χ3n) is 7.96. The van der Waals surface area contributed by atoms with E-state index in [-0.39, 0.29) is 5.92 Å². The van der Waals surface area contributed by atoms with E-state index in [1.165, 1.54) is 33.4 Å². The number of carboxylic acids is 2. The van der Waals surface area contributed by atoms with Gasteiger partial charge in [-0.1, -0.05) is 70.0 Å². The summed E-state index contributed by atoms with van der Waals surface area (Å²) in [4.78, 5) is 30.8. The zero-order valence-electron chi connectivity index (χ0n) is 27.7. The summed E-state index contributed by atoms with van der Waals surface area (Å²) >= 11 is 0. The van der Waals surface area contributed by atoms with Crippen molar-refractivity contribution in [2.24, 2.45) is 11.3 Å². The number of benzene rings is 2. The van der Waals surface area contributed by atoms with Crippen molar-refractivity contribution in [3.8, 4) is 0 Å². The number of anilines is 2. The van der Waals surface area contributed by atoms with Gasteiger partial charge in [0, 0.05) is 36.2 Å². The van der Waals surface area contributed by atoms with Crippen LogP contribution in [0.4, 0.5) is 11.4 Å². The van der Waals surface area contributed by atoms with Crippen molar-refractivity contribution >= 4 is 23.3 Å². The first-order chi connectivity index (χ1) is 19.9. The fourth-order valence-electron chi connectivity index (χ4n) is 6.54. The Balaban J connectivity index is 0.000000236. The monoisotopic (exact) mass is 588 g/mol. The largest absolute Gasteiger partial charge is 0.548 e. The van der Waals surface area contributed by atoms with Crippen LogP contribution < -0.4 is 20.0 Å². The number of carbonyl (C=O) groups excluding carboxylic acids is 2. The van der Waals surface area contributed by atoms with Crippen LogP contribution in [0.3, 0.4) is 0 Å². The lowest BCUT2D eigenvalue weighted by Gasteiger charge is -2.39. The molecule has 0 fully saturated rings. The minimum Gasteiger partial charge on any atom is -0.548 e. The zero-order chi connectivity index (χ0) is 32.4. The molecule has 2 aliphatic rings. The molecule has 43 heavy (non-hydrogen) atoms. The maximum atomic E-state index is 11.5. The fraction of sp³-hybridized carbons (Fsp3) is 0.486. The van der Waals surface area contributed by atoms with Crippen LogP contribution in [-0.2, 0) is 9.59 Å². The van der Waals surface area contributed by atoms with E-state index in [4.69, 9.17) is 0 Å². The second-order valence-corrected chi connectivity index (χ2v) is 13.4. The molecule has 0 amide bonds. The van der Waals surface area contributed by atoms with E-state index >= 15 is 0 Å². The van der Waals surface area contributed by atoms with Crippen molar-refractivity contribution in [1.82, 2.24) is 9.80 Å². The highest BCUT2D eigenvalue weighted by Gasteiger charge is 2.33. The molecule has 0 bridgehead atoms. The Bertz CT molecular complexity index is 1360. The van der Waals surface area contributed by atoms with Crippen LogP contribution in [-0.4, -0.2) is 47.2 Å². The molecule has 4 rings (SSSR count). The first-order valence-electron chi connectivity index (χ1n) is 14.9. The predicted octanol–water partition coefficient (Wildman–Crippen LogP) is 4.26. The number of nitrogens with zero attached hydrogens (tertiary/aromatic N) is 4. The Labute approximate surface area is 257 Å². The van der Waals surface area contributed by atoms with Gasteiger partial charge in [0.1, 0.15) is 0 Å². The van der Waals surface area contributed by atoms with Gasteiger partial charge in [-0.05, 0) is 75.1 Å². The number of hydrogen-bond donors (Lipinski definition) is 0. The minimum absolute atomic E-state index is 0.000174. The van der Waals surface area contributed by atoms with Crippen LogP contribution in [0.1, 0.15) is 68.0 Å². The Morgan fingerprint density at radius 1 is 0.651 bits per heavy atom. The normalized spacial score (nSPS) is 16.1. The Kier molecular flexibility index (Phi) is 10.3. The molecule has 2 atom stereocenters. The van der Waals surface area contributed by atoms with E-state index in [0.717, 1.165) is 11.4 Å². The Morgan fingerprint density at radius 3 is 1.35 bits per heavy atom. The van der Waals surface area contributed by atoms with Gasteiger partial charge in [0.15, 0.2) is 0 Å². The molecule has 0 unspecified atom stereocenters. The summed E-state index contributed by atoms with van der Waals surface area (Å²) in [6, 6.07) is 7.35. The van der Waals surface area contributed by atoms with Crippen LogP contribution in [0.25, 0.3) is 0 Å². The molecule has 2 heterocycles. The predicted molar refractivity (Wildman–Crippen MR) is 170 cm³/mol. The van der Waals surface area contributed by atoms with Crippen molar-refractivity contribution in [2.75, 3.05) is 23.1 Å². The lowest BCUT2D eigenvalue weighted by Crippen LogP contribution is -2.53. The maximum Gasteiger partial charge on any atom is 0.0948 e. The molecule has 234 valence electrons. The summed E-state index contributed by atoms with van der Waals surface area (Å²) < 4.78 is 0. The van der Waals surface area contributed by atoms with Crippen molar-refractivity contribution in [2.45, 2.75) is 88.2 Å². The second-order valence-electron chi connectivity index (χ2n) is 13.4. The quantitative estimate of drug-likeness (QED) is 0.474. The molecule has 0 aliphatic carbocycles. The van der Waals surface area contributed by atoms with Gasteiger partial charge in [0.05, 0.1) is 37.4 Å². The summed E-state index contributed by atoms with van der Waals surface area (Å²) in [5.74, 6) is -2.05. The molecule has 0 spiro atoms. The topological polar surface area (TPSA) is 93.2 Å². The van der Waals surface area contributed by atoms with Gasteiger partial charge in [-0.15, -0.1) is 0 Å². The highest BCUT2D eigenvalue weighted by Crippen LogP contribution is 2.33. The van der Waals surface area contributed by atoms with E-state index in [0.29, 0.717) is 13.3 Å². The van der Waals surface area contributed by atoms with E-state index in [9.17, 15) is 19.8 Å². The van der Waals surface area contributed by atoms with E-state index in [1.807, 2.05) is 69.2 Å². The van der Waals surface area contributed by atoms with E-state index in [1.54, 1.807) is 0 Å². The third kappa shape index (κ3) is 7.72. The SMILES string of the molecule is Cc1cc(C)c(N2C=CN([C@H](C(=O)[O-])C(C)(C)C)C2)c(C)c1.Cc1cc(C)c(N2C=CN([C@H](C(=O)[O-])C(C)C)C2)c(C)c1. The fourth-order valence-corrected chi connectivity index (χ4v) is 6.54. The molecular formula is C35H48N4O4-2. The number of carbonyl (C=O) groups is 2. The van der Waals surface area contributed by atoms with Crippen LogP contribution >= 0.6 is 0 Å². The lowest BCUT2D eigenvalue weighted by atomic mass is 9.86. The molecule has 2 aliphatic heterocycles. The number of carboxylic acid groups (broad SMARTS) is 2. The zero-order valence-corrected chi connectivity index (χ0v) is 27.7. The average molecular weight is 589 g/mol. The number of aryl methyl sites for hydroxylation is 6. The molecular weight excluding hydrogens is 540 g/mol. The van der Waals surface area contributed by atoms with Gasteiger partial charge < -0.3 is 39.4 Å². The Hall–Kier alpha value is -3.94. The lowest BCUT2D eigenvalue weighted by molar-refractivity contribution is -0.314. The smallest absolute Gasteiger partial charge is 0.0948 e. The van der Waals surface area contributed by atoms with E-state index in [2.05, 4.69) is 75.6 Å². The summed E-state index contributed by atoms with van der Waals surface area (Å²) in [7, 11) is 0. The minimum atomic E-state index is -1.03. The average Bonchev–Trinajstić information content (AvgIpc) is 3.47. The van der Waals surface area contributed by atoms with Crippen LogP contribution in [0.15, 0.2) is 49.1 Å². The van der Waals surface area contributed by atoms with Crippen molar-refractivity contribution in [1.29, 1.82) is 0 Å². The molecule has 8 heteroatoms. The Morgan fingerprint density at radius 2 is 1.02 bits per heavy atom. The molecule has 0 aromatic heterocycles. The van der Waals surface area contributed by atoms with Crippen LogP contribution in [0.5, 0.6) is 0 Å². The number of hydrogen-bond acceptors (Lipinski definition) is 8. The highest BCUT2D eigenvalue weighted by molar-refractivity contribution is 5.73. The van der Waals surface area contributed by atoms with Gasteiger partial charge in [0.25, 0.3) is 0 Å². The van der Waals surface area contributed by atoms with Gasteiger partial charge in [-0.2, -0.15) is 0 Å². The summed E-state index contributed by atoms with van der Waals surface area (Å²) in [6.07, 6.45) is 7.60. The van der Waals surface area contributed by atoms with Gasteiger partial charge in [0.2, 0.25) is 0 Å². The first kappa shape index (κ1) is 33.6. The molecule has 0 N–H and O–H groups in total. The first-order valence-corrected chi connectivity index (χ1v) is 14.9. The van der Waals surface area contributed by atoms with Crippen molar-refractivity contribution in [3.63, 3.8) is 0 Å². The van der Waals surface area contributed by atoms with Gasteiger partial charge >= 0.3 is 0 Å². The summed E-state index contributed by atoms with van der Waals surface area (Å²) in [5, 5.41) is 22.9. The van der Waals surface area contributed by atoms with Gasteiger partial charge in [-0.3, -0.25) is 0 Å². The number of rotatable bonds is 7. The molecule has 0 radical (unpaired) electrons. The standard InChI is InChI=1S/C18H26N2O2.C17H24N2O2/c1-12-9-13(2)15(14(3)10-12)19-7-8-20(11-19)16(17(21)22)18(4,5)6;1-11(2)15(17(20)21)18-6-7-19(10-18)16-13(4)8-12(3)9-14(16)5/h7-10,16H,11H2,1-6H3,(H,21,22);6-9,11,15H,10H2,1-5H3,(H,20,21)/p-2/t16-;15-/m10/s1. The van der Waals surface area contributed by atoms with Crippen LogP contribution in [0.2, 0.25) is 0 Å². The van der Waals surface area contributed by atoms with Crippen molar-refractivity contribution < 1.29 is 19.8 Å². The van der Waals surface area contributed by atoms with Gasteiger partial charge in [-0.25, -0.2) is 0 Å². The number of aliphatic carboxylic acids is 2.